The van der Waals surface area contributed by atoms with Crippen LogP contribution in [0.2, 0.25) is 0 Å². The van der Waals surface area contributed by atoms with Crippen molar-refractivity contribution >= 4 is 37.5 Å². The molecule has 0 atom stereocenters. The number of aromatic nitrogens is 2. The van der Waals surface area contributed by atoms with E-state index in [2.05, 4.69) is 36.8 Å². The Balaban J connectivity index is 2.16. The van der Waals surface area contributed by atoms with Crippen LogP contribution in [0, 0.1) is 0 Å². The molecule has 0 bridgehead atoms. The van der Waals surface area contributed by atoms with Crippen molar-refractivity contribution in [3.05, 3.63) is 51.7 Å². The molecule has 0 radical (unpaired) electrons. The molecule has 96 valence electrons. The molecule has 0 saturated carbocycles. The molecule has 5 heteroatoms. The van der Waals surface area contributed by atoms with Crippen LogP contribution in [-0.2, 0) is 0 Å². The third kappa shape index (κ3) is 2.28. The Hall–Kier alpha value is -1.33. The van der Waals surface area contributed by atoms with Gasteiger partial charge in [0.05, 0.1) is 17.3 Å². The van der Waals surface area contributed by atoms with Crippen molar-refractivity contribution in [1.82, 2.24) is 9.38 Å². The number of pyridine rings is 1. The Morgan fingerprint density at radius 3 is 2.68 bits per heavy atom. The van der Waals surface area contributed by atoms with E-state index in [0.717, 1.165) is 31.6 Å². The number of halogens is 2. The molecule has 0 unspecified atom stereocenters. The van der Waals surface area contributed by atoms with Gasteiger partial charge < -0.3 is 9.14 Å². The lowest BCUT2D eigenvalue weighted by Crippen LogP contribution is -1.85. The first-order chi connectivity index (χ1) is 9.19. The molecular weight excluding hydrogens is 372 g/mol. The monoisotopic (exact) mass is 380 g/mol. The predicted molar refractivity (Wildman–Crippen MR) is 82.6 cm³/mol. The van der Waals surface area contributed by atoms with Crippen LogP contribution in [-0.4, -0.2) is 16.5 Å². The Labute approximate surface area is 127 Å². The number of ether oxygens (including phenoxy) is 1. The minimum atomic E-state index is 0.820. The van der Waals surface area contributed by atoms with Gasteiger partial charge in [0.2, 0.25) is 0 Å². The van der Waals surface area contributed by atoms with Gasteiger partial charge in [-0.3, -0.25) is 0 Å². The molecule has 1 aromatic carbocycles. The molecular formula is C14H10Br2N2O. The van der Waals surface area contributed by atoms with Crippen LogP contribution < -0.4 is 4.74 Å². The van der Waals surface area contributed by atoms with Crippen LogP contribution in [0.3, 0.4) is 0 Å². The smallest absolute Gasteiger partial charge is 0.151 e. The minimum Gasteiger partial charge on any atom is -0.497 e. The molecule has 0 spiro atoms. The molecule has 0 aliphatic rings. The van der Waals surface area contributed by atoms with Gasteiger partial charge in [-0.25, -0.2) is 4.98 Å². The van der Waals surface area contributed by atoms with Crippen molar-refractivity contribution in [2.45, 2.75) is 0 Å². The van der Waals surface area contributed by atoms with Crippen LogP contribution in [0.5, 0.6) is 5.75 Å². The summed E-state index contributed by atoms with van der Waals surface area (Å²) in [7, 11) is 1.66. The van der Waals surface area contributed by atoms with Gasteiger partial charge in [-0.2, -0.15) is 0 Å². The van der Waals surface area contributed by atoms with E-state index in [1.165, 1.54) is 0 Å². The van der Waals surface area contributed by atoms with Crippen LogP contribution in [0.25, 0.3) is 16.9 Å². The van der Waals surface area contributed by atoms with E-state index in [1.54, 1.807) is 7.11 Å². The number of hydrogen-bond donors (Lipinski definition) is 0. The summed E-state index contributed by atoms with van der Waals surface area (Å²) in [5, 5.41) is 0. The lowest BCUT2D eigenvalue weighted by Gasteiger charge is -2.04. The molecule has 3 aromatic rings. The van der Waals surface area contributed by atoms with Gasteiger partial charge in [-0.15, -0.1) is 0 Å². The number of benzene rings is 1. The standard InChI is InChI=1S/C14H10Br2N2O/c1-19-9-4-5-10(12(16)7-9)13-8-18-6-2-3-11(15)14(18)17-13/h2-8H,1H3. The summed E-state index contributed by atoms with van der Waals surface area (Å²) in [6, 6.07) is 9.83. The lowest BCUT2D eigenvalue weighted by molar-refractivity contribution is 0.414. The first kappa shape index (κ1) is 12.7. The summed E-state index contributed by atoms with van der Waals surface area (Å²) < 4.78 is 9.14. The number of methoxy groups -OCH3 is 1. The fraction of sp³-hybridized carbons (Fsp3) is 0.0714. The van der Waals surface area contributed by atoms with Gasteiger partial charge in [0, 0.05) is 22.4 Å². The normalized spacial score (nSPS) is 10.9. The fourth-order valence-corrected chi connectivity index (χ4v) is 2.95. The topological polar surface area (TPSA) is 26.5 Å². The fourth-order valence-electron chi connectivity index (χ4n) is 1.94. The highest BCUT2D eigenvalue weighted by molar-refractivity contribution is 9.11. The molecule has 0 saturated heterocycles. The predicted octanol–water partition coefficient (Wildman–Crippen LogP) is 4.53. The highest BCUT2D eigenvalue weighted by Gasteiger charge is 2.10. The van der Waals surface area contributed by atoms with Gasteiger partial charge in [0.15, 0.2) is 5.65 Å². The van der Waals surface area contributed by atoms with Gasteiger partial charge >= 0.3 is 0 Å². The second-order valence-electron chi connectivity index (χ2n) is 4.06. The first-order valence-electron chi connectivity index (χ1n) is 5.66. The molecule has 0 aliphatic carbocycles. The van der Waals surface area contributed by atoms with Crippen molar-refractivity contribution in [2.75, 3.05) is 7.11 Å². The highest BCUT2D eigenvalue weighted by Crippen LogP contribution is 2.31. The number of rotatable bonds is 2. The molecule has 3 nitrogen and oxygen atoms in total. The molecule has 2 aromatic heterocycles. The van der Waals surface area contributed by atoms with Crippen molar-refractivity contribution < 1.29 is 4.74 Å². The molecule has 2 heterocycles. The quantitative estimate of drug-likeness (QED) is 0.651. The second kappa shape index (κ2) is 4.98. The number of nitrogens with zero attached hydrogens (tertiary/aromatic N) is 2. The summed E-state index contributed by atoms with van der Waals surface area (Å²) in [4.78, 5) is 4.64. The maximum atomic E-state index is 5.20. The third-order valence-corrected chi connectivity index (χ3v) is 4.16. The van der Waals surface area contributed by atoms with Crippen LogP contribution in [0.4, 0.5) is 0 Å². The maximum Gasteiger partial charge on any atom is 0.151 e. The van der Waals surface area contributed by atoms with Gasteiger partial charge in [-0.05, 0) is 62.2 Å². The zero-order valence-corrected chi connectivity index (χ0v) is 13.3. The van der Waals surface area contributed by atoms with Gasteiger partial charge in [-0.1, -0.05) is 0 Å². The summed E-state index contributed by atoms with van der Waals surface area (Å²) >= 11 is 7.07. The molecule has 0 amide bonds. The summed E-state index contributed by atoms with van der Waals surface area (Å²) in [5.41, 5.74) is 2.86. The van der Waals surface area contributed by atoms with Crippen LogP contribution >= 0.6 is 31.9 Å². The van der Waals surface area contributed by atoms with E-state index in [9.17, 15) is 0 Å². The third-order valence-electron chi connectivity index (χ3n) is 2.89. The zero-order valence-electron chi connectivity index (χ0n) is 10.1. The number of imidazole rings is 1. The lowest BCUT2D eigenvalue weighted by atomic mass is 10.1. The number of fused-ring (bicyclic) bond motifs is 1. The molecule has 0 aliphatic heterocycles. The van der Waals surface area contributed by atoms with Gasteiger partial charge in [0.1, 0.15) is 5.75 Å². The minimum absolute atomic E-state index is 0.820. The van der Waals surface area contributed by atoms with E-state index >= 15 is 0 Å². The van der Waals surface area contributed by atoms with E-state index in [4.69, 9.17) is 4.74 Å². The average Bonchev–Trinajstić information content (AvgIpc) is 2.83. The molecule has 0 fully saturated rings. The van der Waals surface area contributed by atoms with E-state index in [-0.39, 0.29) is 0 Å². The van der Waals surface area contributed by atoms with Crippen molar-refractivity contribution in [3.63, 3.8) is 0 Å². The second-order valence-corrected chi connectivity index (χ2v) is 5.77. The Bertz CT molecular complexity index is 752. The SMILES string of the molecule is COc1ccc(-c2cn3cccc(Br)c3n2)c(Br)c1. The van der Waals surface area contributed by atoms with E-state index in [0.29, 0.717) is 0 Å². The van der Waals surface area contributed by atoms with E-state index < -0.39 is 0 Å². The highest BCUT2D eigenvalue weighted by atomic mass is 79.9. The van der Waals surface area contributed by atoms with Gasteiger partial charge in [0.25, 0.3) is 0 Å². The molecule has 19 heavy (non-hydrogen) atoms. The van der Waals surface area contributed by atoms with Crippen molar-refractivity contribution in [2.24, 2.45) is 0 Å². The Morgan fingerprint density at radius 1 is 1.16 bits per heavy atom. The first-order valence-corrected chi connectivity index (χ1v) is 7.25. The van der Waals surface area contributed by atoms with Crippen molar-refractivity contribution in [1.29, 1.82) is 0 Å². The zero-order chi connectivity index (χ0) is 13.4. The van der Waals surface area contributed by atoms with Crippen LogP contribution in [0.1, 0.15) is 0 Å². The van der Waals surface area contributed by atoms with E-state index in [1.807, 2.05) is 47.1 Å². The summed E-state index contributed by atoms with van der Waals surface area (Å²) in [6.07, 6.45) is 3.99. The molecule has 0 N–H and O–H groups in total. The number of hydrogen-bond acceptors (Lipinski definition) is 2. The summed E-state index contributed by atoms with van der Waals surface area (Å²) in [6.45, 7) is 0. The average molecular weight is 382 g/mol. The molecule has 3 rings (SSSR count). The Morgan fingerprint density at radius 2 is 2.00 bits per heavy atom. The van der Waals surface area contributed by atoms with Crippen molar-refractivity contribution in [3.8, 4) is 17.0 Å². The summed E-state index contributed by atoms with van der Waals surface area (Å²) in [5.74, 6) is 0.820. The maximum absolute atomic E-state index is 5.20. The van der Waals surface area contributed by atoms with Crippen LogP contribution in [0.15, 0.2) is 51.7 Å². The largest absolute Gasteiger partial charge is 0.497 e. The Kier molecular flexibility index (Phi) is 3.33.